The zero-order chi connectivity index (χ0) is 13.0. The Bertz CT molecular complexity index is 368. The van der Waals surface area contributed by atoms with Gasteiger partial charge in [-0.3, -0.25) is 19.3 Å². The van der Waals surface area contributed by atoms with E-state index in [4.69, 9.17) is 0 Å². The van der Waals surface area contributed by atoms with Gasteiger partial charge in [-0.1, -0.05) is 0 Å². The maximum Gasteiger partial charge on any atom is 0.253 e. The van der Waals surface area contributed by atoms with Crippen molar-refractivity contribution in [2.24, 2.45) is 0 Å². The van der Waals surface area contributed by atoms with Crippen molar-refractivity contribution >= 4 is 17.7 Å². The van der Waals surface area contributed by atoms with Crippen molar-refractivity contribution in [2.45, 2.75) is 12.8 Å². The van der Waals surface area contributed by atoms with Crippen LogP contribution in [0.1, 0.15) is 12.8 Å². The minimum absolute atomic E-state index is 0.101. The van der Waals surface area contributed by atoms with Gasteiger partial charge in [0.25, 0.3) is 11.8 Å². The summed E-state index contributed by atoms with van der Waals surface area (Å²) in [4.78, 5) is 37.4. The zero-order valence-electron chi connectivity index (χ0n) is 10.2. The maximum absolute atomic E-state index is 11.8. The lowest BCUT2D eigenvalue weighted by molar-refractivity contribution is -0.138. The zero-order valence-corrected chi connectivity index (χ0v) is 10.2. The fraction of sp³-hybridized carbons (Fsp3) is 0.583. The van der Waals surface area contributed by atoms with E-state index in [0.29, 0.717) is 19.4 Å². The van der Waals surface area contributed by atoms with Crippen LogP contribution in [0, 0.1) is 0 Å². The first-order valence-electron chi connectivity index (χ1n) is 6.20. The summed E-state index contributed by atoms with van der Waals surface area (Å²) in [5, 5.41) is 3.18. The molecule has 0 spiro atoms. The molecule has 0 bridgehead atoms. The average Bonchev–Trinajstić information content (AvgIpc) is 2.71. The van der Waals surface area contributed by atoms with Gasteiger partial charge in [-0.25, -0.2) is 0 Å². The molecule has 0 aromatic rings. The fourth-order valence-electron chi connectivity index (χ4n) is 2.11. The summed E-state index contributed by atoms with van der Waals surface area (Å²) in [5.41, 5.74) is 0. The minimum Gasteiger partial charge on any atom is -0.340 e. The van der Waals surface area contributed by atoms with E-state index in [-0.39, 0.29) is 17.7 Å². The van der Waals surface area contributed by atoms with Crippen molar-refractivity contribution in [1.82, 2.24) is 15.1 Å². The van der Waals surface area contributed by atoms with Crippen LogP contribution in [-0.2, 0) is 14.4 Å². The maximum atomic E-state index is 11.8. The number of amides is 3. The number of nitrogens with one attached hydrogen (secondary N) is 1. The monoisotopic (exact) mass is 251 g/mol. The van der Waals surface area contributed by atoms with Crippen molar-refractivity contribution in [2.75, 3.05) is 32.7 Å². The lowest BCUT2D eigenvalue weighted by atomic mass is 10.2. The van der Waals surface area contributed by atoms with Gasteiger partial charge in [0.2, 0.25) is 5.91 Å². The Kier molecular flexibility index (Phi) is 4.09. The van der Waals surface area contributed by atoms with Crippen LogP contribution in [0.15, 0.2) is 12.2 Å². The second-order valence-electron chi connectivity index (χ2n) is 4.40. The Morgan fingerprint density at radius 2 is 1.78 bits per heavy atom. The van der Waals surface area contributed by atoms with Crippen LogP contribution in [0.2, 0.25) is 0 Å². The molecule has 2 aliphatic rings. The summed E-state index contributed by atoms with van der Waals surface area (Å²) in [6.45, 7) is 3.46. The fourth-order valence-corrected chi connectivity index (χ4v) is 2.11. The molecule has 0 aliphatic carbocycles. The molecule has 1 saturated heterocycles. The molecule has 2 rings (SSSR count). The van der Waals surface area contributed by atoms with Crippen LogP contribution in [-0.4, -0.2) is 60.2 Å². The van der Waals surface area contributed by atoms with Crippen molar-refractivity contribution in [3.63, 3.8) is 0 Å². The Morgan fingerprint density at radius 3 is 2.39 bits per heavy atom. The van der Waals surface area contributed by atoms with Gasteiger partial charge >= 0.3 is 0 Å². The summed E-state index contributed by atoms with van der Waals surface area (Å²) in [6.07, 6.45) is 3.44. The van der Waals surface area contributed by atoms with Crippen molar-refractivity contribution < 1.29 is 14.4 Å². The van der Waals surface area contributed by atoms with Crippen LogP contribution in [0.5, 0.6) is 0 Å². The highest BCUT2D eigenvalue weighted by molar-refractivity contribution is 6.12. The molecular weight excluding hydrogens is 234 g/mol. The number of rotatable bonds is 4. The summed E-state index contributed by atoms with van der Waals surface area (Å²) < 4.78 is 0. The quantitative estimate of drug-likeness (QED) is 0.659. The van der Waals surface area contributed by atoms with Gasteiger partial charge in [0.15, 0.2) is 0 Å². The first kappa shape index (κ1) is 12.8. The lowest BCUT2D eigenvalue weighted by Gasteiger charge is -2.27. The smallest absolute Gasteiger partial charge is 0.253 e. The third-order valence-electron chi connectivity index (χ3n) is 3.14. The van der Waals surface area contributed by atoms with E-state index in [9.17, 15) is 14.4 Å². The highest BCUT2D eigenvalue weighted by Crippen LogP contribution is 2.07. The molecule has 0 saturated carbocycles. The second-order valence-corrected chi connectivity index (χ2v) is 4.40. The number of nitrogens with zero attached hydrogens (tertiary/aromatic N) is 2. The number of carbonyl (C=O) groups excluding carboxylic acids is 3. The lowest BCUT2D eigenvalue weighted by Crippen LogP contribution is -2.46. The molecule has 0 radical (unpaired) electrons. The van der Waals surface area contributed by atoms with E-state index in [1.54, 1.807) is 0 Å². The van der Waals surface area contributed by atoms with E-state index in [1.165, 1.54) is 17.1 Å². The number of piperazine rings is 1. The third-order valence-corrected chi connectivity index (χ3v) is 3.14. The first-order chi connectivity index (χ1) is 8.68. The molecule has 2 heterocycles. The van der Waals surface area contributed by atoms with Gasteiger partial charge < -0.3 is 10.2 Å². The van der Waals surface area contributed by atoms with Crippen LogP contribution in [0.25, 0.3) is 0 Å². The normalized spacial score (nSPS) is 19.8. The van der Waals surface area contributed by atoms with E-state index >= 15 is 0 Å². The van der Waals surface area contributed by atoms with Gasteiger partial charge in [-0.15, -0.1) is 0 Å². The van der Waals surface area contributed by atoms with Crippen molar-refractivity contribution in [3.05, 3.63) is 12.2 Å². The van der Waals surface area contributed by atoms with Gasteiger partial charge in [0.1, 0.15) is 0 Å². The molecule has 1 N–H and O–H groups in total. The molecule has 98 valence electrons. The van der Waals surface area contributed by atoms with Crippen molar-refractivity contribution in [3.8, 4) is 0 Å². The predicted octanol–water partition coefficient (Wildman–Crippen LogP) is -0.877. The third kappa shape index (κ3) is 2.95. The molecular formula is C12H17N3O3. The standard InChI is InChI=1S/C12H17N3O3/c16-10(14-8-5-13-6-9-14)2-1-7-15-11(17)3-4-12(15)18/h3-4,13H,1-2,5-9H2. The molecule has 2 aliphatic heterocycles. The predicted molar refractivity (Wildman–Crippen MR) is 64.5 cm³/mol. The Labute approximate surface area is 106 Å². The largest absolute Gasteiger partial charge is 0.340 e. The number of hydrogen-bond donors (Lipinski definition) is 1. The number of carbonyl (C=O) groups is 3. The highest BCUT2D eigenvalue weighted by Gasteiger charge is 2.23. The molecule has 1 fully saturated rings. The van der Waals surface area contributed by atoms with Gasteiger partial charge in [0, 0.05) is 51.3 Å². The summed E-state index contributed by atoms with van der Waals surface area (Å²) in [7, 11) is 0. The molecule has 0 atom stereocenters. The van der Waals surface area contributed by atoms with Crippen LogP contribution in [0.3, 0.4) is 0 Å². The second kappa shape index (κ2) is 5.77. The molecule has 0 aromatic heterocycles. The Balaban J connectivity index is 1.70. The average molecular weight is 251 g/mol. The molecule has 18 heavy (non-hydrogen) atoms. The summed E-state index contributed by atoms with van der Waals surface area (Å²) in [6, 6.07) is 0. The van der Waals surface area contributed by atoms with E-state index in [0.717, 1.165) is 26.2 Å². The summed E-state index contributed by atoms with van der Waals surface area (Å²) >= 11 is 0. The minimum atomic E-state index is -0.283. The van der Waals surface area contributed by atoms with Crippen molar-refractivity contribution in [1.29, 1.82) is 0 Å². The van der Waals surface area contributed by atoms with E-state index in [1.807, 2.05) is 4.90 Å². The van der Waals surface area contributed by atoms with Crippen LogP contribution < -0.4 is 5.32 Å². The van der Waals surface area contributed by atoms with Gasteiger partial charge in [-0.2, -0.15) is 0 Å². The van der Waals surface area contributed by atoms with Crippen LogP contribution >= 0.6 is 0 Å². The van der Waals surface area contributed by atoms with Gasteiger partial charge in [0.05, 0.1) is 0 Å². The molecule has 0 aromatic carbocycles. The molecule has 6 nitrogen and oxygen atoms in total. The number of hydrogen-bond acceptors (Lipinski definition) is 4. The van der Waals surface area contributed by atoms with Crippen LogP contribution in [0.4, 0.5) is 0 Å². The SMILES string of the molecule is O=C(CCCN1C(=O)C=CC1=O)N1CCNCC1. The van der Waals surface area contributed by atoms with E-state index in [2.05, 4.69) is 5.32 Å². The highest BCUT2D eigenvalue weighted by atomic mass is 16.2. The first-order valence-corrected chi connectivity index (χ1v) is 6.20. The molecule has 6 heteroatoms. The number of imide groups is 1. The topological polar surface area (TPSA) is 69.7 Å². The van der Waals surface area contributed by atoms with E-state index < -0.39 is 0 Å². The van der Waals surface area contributed by atoms with Gasteiger partial charge in [-0.05, 0) is 6.42 Å². The molecule has 0 unspecified atom stereocenters. The summed E-state index contributed by atoms with van der Waals surface area (Å²) in [5.74, 6) is -0.465. The molecule has 3 amide bonds. The Morgan fingerprint density at radius 1 is 1.17 bits per heavy atom. The Hall–Kier alpha value is -1.69.